The van der Waals surface area contributed by atoms with Crippen LogP contribution in [0.5, 0.6) is 0 Å². The summed E-state index contributed by atoms with van der Waals surface area (Å²) in [6, 6.07) is 12.6. The molecule has 0 N–H and O–H groups in total. The van der Waals surface area contributed by atoms with Crippen LogP contribution in [0.4, 0.5) is 0 Å². The third-order valence-corrected chi connectivity index (χ3v) is 5.41. The largest absolute Gasteiger partial charge is 0.467 e. The highest BCUT2D eigenvalue weighted by molar-refractivity contribution is 6.03. The molecule has 0 radical (unpaired) electrons. The van der Waals surface area contributed by atoms with Gasteiger partial charge in [-0.2, -0.15) is 10.4 Å². The van der Waals surface area contributed by atoms with Gasteiger partial charge < -0.3 is 4.42 Å². The lowest BCUT2D eigenvalue weighted by atomic mass is 10.0. The number of furan rings is 1. The van der Waals surface area contributed by atoms with Gasteiger partial charge in [0, 0.05) is 19.2 Å². The van der Waals surface area contributed by atoms with E-state index in [0.717, 1.165) is 15.7 Å². The quantitative estimate of drug-likeness (QED) is 0.614. The van der Waals surface area contributed by atoms with E-state index in [4.69, 9.17) is 4.42 Å². The number of carbonyl (C=O) groups excluding carboxylic acids is 1. The van der Waals surface area contributed by atoms with Crippen molar-refractivity contribution < 1.29 is 9.21 Å². The molecular weight excluding hydrogens is 410 g/mol. The first kappa shape index (κ1) is 21.1. The summed E-state index contributed by atoms with van der Waals surface area (Å²) in [6.45, 7) is 3.42. The van der Waals surface area contributed by atoms with Gasteiger partial charge in [-0.05, 0) is 31.5 Å². The number of aromatic nitrogens is 2. The van der Waals surface area contributed by atoms with Crippen LogP contribution in [0.2, 0.25) is 0 Å². The molecule has 1 aliphatic heterocycles. The van der Waals surface area contributed by atoms with Crippen LogP contribution >= 0.6 is 0 Å². The second kappa shape index (κ2) is 8.51. The predicted molar refractivity (Wildman–Crippen MR) is 116 cm³/mol. The number of aryl methyl sites for hydroxylation is 2. The normalized spacial score (nSPS) is 15.5. The number of rotatable bonds is 5. The standard InChI is InChI=1S/C23H21N5O4/c1-3-26-13-17(12-24)22(30)27(23(26)31)14-21(29)28-19(20-5-4-10-32-20)11-18(25-28)16-8-6-15(2)7-9-16/h4-10,13,19H,3,11,14H2,1-2H3. The Balaban J connectivity index is 1.72. The fourth-order valence-electron chi connectivity index (χ4n) is 3.67. The van der Waals surface area contributed by atoms with Crippen molar-refractivity contribution in [3.8, 4) is 6.07 Å². The van der Waals surface area contributed by atoms with E-state index in [9.17, 15) is 19.6 Å². The van der Waals surface area contributed by atoms with E-state index in [2.05, 4.69) is 5.10 Å². The summed E-state index contributed by atoms with van der Waals surface area (Å²) in [5.41, 5.74) is 1.02. The summed E-state index contributed by atoms with van der Waals surface area (Å²) >= 11 is 0. The maximum absolute atomic E-state index is 13.2. The van der Waals surface area contributed by atoms with E-state index < -0.39 is 29.7 Å². The molecule has 1 aliphatic rings. The molecular formula is C23H21N5O4. The molecule has 1 aromatic carbocycles. The lowest BCUT2D eigenvalue weighted by Gasteiger charge is -2.20. The molecule has 9 heteroatoms. The van der Waals surface area contributed by atoms with Crippen LogP contribution in [0.15, 0.2) is 68.0 Å². The molecule has 0 saturated carbocycles. The average Bonchev–Trinajstić information content (AvgIpc) is 3.47. The third kappa shape index (κ3) is 3.78. The predicted octanol–water partition coefficient (Wildman–Crippen LogP) is 2.18. The minimum Gasteiger partial charge on any atom is -0.467 e. The Hall–Kier alpha value is -4.19. The van der Waals surface area contributed by atoms with Crippen molar-refractivity contribution in [3.05, 3.63) is 92.1 Å². The molecule has 1 atom stereocenters. The van der Waals surface area contributed by atoms with Gasteiger partial charge in [-0.15, -0.1) is 0 Å². The average molecular weight is 431 g/mol. The molecule has 0 saturated heterocycles. The van der Waals surface area contributed by atoms with Crippen LogP contribution in [0.3, 0.4) is 0 Å². The number of nitriles is 1. The molecule has 9 nitrogen and oxygen atoms in total. The SMILES string of the molecule is CCn1cc(C#N)c(=O)n(CC(=O)N2N=C(c3ccc(C)cc3)CC2c2ccco2)c1=O. The van der Waals surface area contributed by atoms with Crippen molar-refractivity contribution in [1.29, 1.82) is 5.26 Å². The third-order valence-electron chi connectivity index (χ3n) is 5.41. The Morgan fingerprint density at radius 2 is 2.00 bits per heavy atom. The second-order valence-corrected chi connectivity index (χ2v) is 7.50. The molecule has 4 rings (SSSR count). The second-order valence-electron chi connectivity index (χ2n) is 7.50. The summed E-state index contributed by atoms with van der Waals surface area (Å²) in [5, 5.41) is 15.0. The number of hydrogen-bond acceptors (Lipinski definition) is 6. The lowest BCUT2D eigenvalue weighted by molar-refractivity contribution is -0.134. The smallest absolute Gasteiger partial charge is 0.331 e. The highest BCUT2D eigenvalue weighted by atomic mass is 16.3. The molecule has 3 heterocycles. The Labute approximate surface area is 183 Å². The van der Waals surface area contributed by atoms with E-state index in [1.54, 1.807) is 25.1 Å². The molecule has 162 valence electrons. The lowest BCUT2D eigenvalue weighted by Crippen LogP contribution is -2.44. The molecule has 0 fully saturated rings. The topological polar surface area (TPSA) is 114 Å². The number of carbonyl (C=O) groups is 1. The summed E-state index contributed by atoms with van der Waals surface area (Å²) in [6.07, 6.45) is 3.15. The van der Waals surface area contributed by atoms with Gasteiger partial charge in [0.2, 0.25) is 0 Å². The Morgan fingerprint density at radius 3 is 2.62 bits per heavy atom. The van der Waals surface area contributed by atoms with Gasteiger partial charge in [-0.1, -0.05) is 29.8 Å². The zero-order chi connectivity index (χ0) is 22.8. The number of hydrogen-bond donors (Lipinski definition) is 0. The van der Waals surface area contributed by atoms with Crippen molar-refractivity contribution in [2.75, 3.05) is 0 Å². The van der Waals surface area contributed by atoms with Gasteiger partial charge in [-0.3, -0.25) is 14.2 Å². The molecule has 3 aromatic rings. The van der Waals surface area contributed by atoms with Crippen LogP contribution in [0.25, 0.3) is 0 Å². The van der Waals surface area contributed by atoms with Gasteiger partial charge in [0.1, 0.15) is 30.0 Å². The van der Waals surface area contributed by atoms with Crippen molar-refractivity contribution >= 4 is 11.6 Å². The van der Waals surface area contributed by atoms with Gasteiger partial charge >= 0.3 is 5.69 Å². The van der Waals surface area contributed by atoms with Crippen molar-refractivity contribution in [3.63, 3.8) is 0 Å². The molecule has 2 aromatic heterocycles. The van der Waals surface area contributed by atoms with Crippen LogP contribution in [-0.2, 0) is 17.9 Å². The molecule has 0 spiro atoms. The van der Waals surface area contributed by atoms with Crippen molar-refractivity contribution in [1.82, 2.24) is 14.1 Å². The Morgan fingerprint density at radius 1 is 1.25 bits per heavy atom. The Bertz CT molecular complexity index is 1340. The molecule has 1 amide bonds. The Kier molecular flexibility index (Phi) is 5.60. The fraction of sp³-hybridized carbons (Fsp3) is 0.261. The summed E-state index contributed by atoms with van der Waals surface area (Å²) in [7, 11) is 0. The number of hydrazone groups is 1. The van der Waals surface area contributed by atoms with E-state index >= 15 is 0 Å². The van der Waals surface area contributed by atoms with E-state index in [0.29, 0.717) is 17.9 Å². The maximum atomic E-state index is 13.2. The maximum Gasteiger partial charge on any atom is 0.331 e. The summed E-state index contributed by atoms with van der Waals surface area (Å²) in [4.78, 5) is 38.5. The van der Waals surface area contributed by atoms with E-state index in [1.807, 2.05) is 31.2 Å². The number of amides is 1. The van der Waals surface area contributed by atoms with Gasteiger partial charge in [0.05, 0.1) is 12.0 Å². The zero-order valence-electron chi connectivity index (χ0n) is 17.7. The fourth-order valence-corrected chi connectivity index (χ4v) is 3.67. The first-order valence-corrected chi connectivity index (χ1v) is 10.2. The highest BCUT2D eigenvalue weighted by Gasteiger charge is 2.35. The minimum absolute atomic E-state index is 0.202. The van der Waals surface area contributed by atoms with E-state index in [1.165, 1.54) is 22.0 Å². The molecule has 0 bridgehead atoms. The van der Waals surface area contributed by atoms with Crippen LogP contribution in [0.1, 0.15) is 41.8 Å². The van der Waals surface area contributed by atoms with Crippen LogP contribution in [-0.4, -0.2) is 25.8 Å². The zero-order valence-corrected chi connectivity index (χ0v) is 17.7. The first-order valence-electron chi connectivity index (χ1n) is 10.2. The molecule has 1 unspecified atom stereocenters. The number of benzene rings is 1. The van der Waals surface area contributed by atoms with Gasteiger partial charge in [0.25, 0.3) is 11.5 Å². The number of nitrogens with zero attached hydrogens (tertiary/aromatic N) is 5. The summed E-state index contributed by atoms with van der Waals surface area (Å²) < 4.78 is 7.53. The van der Waals surface area contributed by atoms with Crippen molar-refractivity contribution in [2.24, 2.45) is 5.10 Å². The molecule has 32 heavy (non-hydrogen) atoms. The monoisotopic (exact) mass is 431 g/mol. The van der Waals surface area contributed by atoms with Gasteiger partial charge in [0.15, 0.2) is 0 Å². The van der Waals surface area contributed by atoms with Gasteiger partial charge in [-0.25, -0.2) is 14.4 Å². The van der Waals surface area contributed by atoms with Crippen LogP contribution in [0, 0.1) is 18.3 Å². The van der Waals surface area contributed by atoms with E-state index in [-0.39, 0.29) is 12.1 Å². The summed E-state index contributed by atoms with van der Waals surface area (Å²) in [5.74, 6) is -0.00115. The minimum atomic E-state index is -0.799. The van der Waals surface area contributed by atoms with Crippen molar-refractivity contribution in [2.45, 2.75) is 39.4 Å². The highest BCUT2D eigenvalue weighted by Crippen LogP contribution is 2.33. The van der Waals surface area contributed by atoms with Crippen LogP contribution < -0.4 is 11.2 Å². The molecule has 0 aliphatic carbocycles. The first-order chi connectivity index (χ1) is 15.4.